The van der Waals surface area contributed by atoms with E-state index in [0.717, 1.165) is 19.4 Å². The molecule has 0 amide bonds. The van der Waals surface area contributed by atoms with E-state index >= 15 is 0 Å². The van der Waals surface area contributed by atoms with E-state index in [1.165, 1.54) is 31.2 Å². The van der Waals surface area contributed by atoms with Crippen molar-refractivity contribution in [3.63, 3.8) is 0 Å². The van der Waals surface area contributed by atoms with Crippen molar-refractivity contribution in [1.29, 1.82) is 0 Å². The second kappa shape index (κ2) is 6.47. The summed E-state index contributed by atoms with van der Waals surface area (Å²) in [5.74, 6) is -0.0831. The van der Waals surface area contributed by atoms with Gasteiger partial charge in [0.1, 0.15) is 0 Å². The van der Waals surface area contributed by atoms with Gasteiger partial charge in [0.25, 0.3) is 0 Å². The smallest absolute Gasteiger partial charge is 0.240 e. The van der Waals surface area contributed by atoms with Crippen LogP contribution in [0, 0.1) is 0 Å². The van der Waals surface area contributed by atoms with Crippen molar-refractivity contribution in [2.75, 3.05) is 13.2 Å². The van der Waals surface area contributed by atoms with Crippen molar-refractivity contribution in [2.24, 2.45) is 0 Å². The average molecular weight is 297 g/mol. The number of hydrogen-bond acceptors (Lipinski definition) is 4. The Kier molecular flexibility index (Phi) is 4.91. The molecule has 110 valence electrons. The normalized spacial score (nSPS) is 19.1. The molecule has 1 saturated heterocycles. The Labute approximate surface area is 119 Å². The molecule has 1 unspecified atom stereocenters. The van der Waals surface area contributed by atoms with Crippen LogP contribution < -0.4 is 4.72 Å². The molecule has 5 nitrogen and oxygen atoms in total. The van der Waals surface area contributed by atoms with Crippen LogP contribution in [0.25, 0.3) is 0 Å². The molecule has 0 aromatic heterocycles. The lowest BCUT2D eigenvalue weighted by Gasteiger charge is -2.10. The fourth-order valence-electron chi connectivity index (χ4n) is 2.18. The third-order valence-electron chi connectivity index (χ3n) is 3.35. The highest BCUT2D eigenvalue weighted by Gasteiger charge is 2.18. The van der Waals surface area contributed by atoms with Gasteiger partial charge >= 0.3 is 0 Å². The van der Waals surface area contributed by atoms with Gasteiger partial charge < -0.3 is 4.74 Å². The lowest BCUT2D eigenvalue weighted by atomic mass is 10.2. The highest BCUT2D eigenvalue weighted by Crippen LogP contribution is 2.15. The van der Waals surface area contributed by atoms with Crippen LogP contribution in [0.3, 0.4) is 0 Å². The summed E-state index contributed by atoms with van der Waals surface area (Å²) in [6.07, 6.45) is 2.89. The van der Waals surface area contributed by atoms with E-state index in [0.29, 0.717) is 18.5 Å². The largest absolute Gasteiger partial charge is 0.378 e. The van der Waals surface area contributed by atoms with Crippen LogP contribution >= 0.6 is 0 Å². The highest BCUT2D eigenvalue weighted by molar-refractivity contribution is 7.89. The number of rotatable bonds is 6. The minimum Gasteiger partial charge on any atom is -0.378 e. The maximum absolute atomic E-state index is 12.1. The summed E-state index contributed by atoms with van der Waals surface area (Å²) in [6.45, 7) is 2.58. The van der Waals surface area contributed by atoms with Gasteiger partial charge in [-0.05, 0) is 38.3 Å². The van der Waals surface area contributed by atoms with Gasteiger partial charge in [-0.1, -0.05) is 12.1 Å². The third kappa shape index (κ3) is 3.88. The molecule has 1 aromatic rings. The molecule has 2 rings (SSSR count). The SMILES string of the molecule is CC(=O)c1ccc(S(=O)(=O)NCCC2CCCO2)cc1. The molecule has 6 heteroatoms. The number of ether oxygens (including phenoxy) is 1. The van der Waals surface area contributed by atoms with Crippen molar-refractivity contribution in [3.8, 4) is 0 Å². The molecule has 1 atom stereocenters. The highest BCUT2D eigenvalue weighted by atomic mass is 32.2. The predicted molar refractivity (Wildman–Crippen MR) is 75.2 cm³/mol. The van der Waals surface area contributed by atoms with Gasteiger partial charge in [0, 0.05) is 18.7 Å². The van der Waals surface area contributed by atoms with Gasteiger partial charge in [-0.3, -0.25) is 4.79 Å². The van der Waals surface area contributed by atoms with Crippen LogP contribution in [0.4, 0.5) is 0 Å². The van der Waals surface area contributed by atoms with E-state index in [-0.39, 0.29) is 16.8 Å². The number of nitrogens with one attached hydrogen (secondary N) is 1. The molecule has 0 radical (unpaired) electrons. The van der Waals surface area contributed by atoms with Gasteiger partial charge in [-0.15, -0.1) is 0 Å². The first-order valence-electron chi connectivity index (χ1n) is 6.71. The van der Waals surface area contributed by atoms with Crippen molar-refractivity contribution < 1.29 is 17.9 Å². The Morgan fingerprint density at radius 2 is 2.05 bits per heavy atom. The molecular formula is C14H19NO4S. The monoisotopic (exact) mass is 297 g/mol. The molecule has 0 saturated carbocycles. The number of sulfonamides is 1. The lowest BCUT2D eigenvalue weighted by Crippen LogP contribution is -2.27. The maximum Gasteiger partial charge on any atom is 0.240 e. The van der Waals surface area contributed by atoms with Gasteiger partial charge in [0.05, 0.1) is 11.0 Å². The summed E-state index contributed by atoms with van der Waals surface area (Å²) >= 11 is 0. The third-order valence-corrected chi connectivity index (χ3v) is 4.83. The van der Waals surface area contributed by atoms with E-state index < -0.39 is 10.0 Å². The summed E-state index contributed by atoms with van der Waals surface area (Å²) in [6, 6.07) is 5.95. The van der Waals surface area contributed by atoms with Crippen LogP contribution in [0.2, 0.25) is 0 Å². The van der Waals surface area contributed by atoms with Crippen LogP contribution in [-0.2, 0) is 14.8 Å². The maximum atomic E-state index is 12.1. The fourth-order valence-corrected chi connectivity index (χ4v) is 3.23. The summed E-state index contributed by atoms with van der Waals surface area (Å²) in [5, 5.41) is 0. The van der Waals surface area contributed by atoms with Crippen LogP contribution in [0.1, 0.15) is 36.5 Å². The minimum atomic E-state index is -3.51. The quantitative estimate of drug-likeness (QED) is 0.812. The van der Waals surface area contributed by atoms with Gasteiger partial charge in [-0.2, -0.15) is 0 Å². The van der Waals surface area contributed by atoms with Gasteiger partial charge in [-0.25, -0.2) is 13.1 Å². The molecule has 1 fully saturated rings. The van der Waals surface area contributed by atoms with Crippen molar-refractivity contribution in [3.05, 3.63) is 29.8 Å². The molecular weight excluding hydrogens is 278 g/mol. The Hall–Kier alpha value is -1.24. The Morgan fingerprint density at radius 1 is 1.35 bits per heavy atom. The van der Waals surface area contributed by atoms with E-state index in [1.54, 1.807) is 0 Å². The summed E-state index contributed by atoms with van der Waals surface area (Å²) < 4.78 is 32.1. The molecule has 20 heavy (non-hydrogen) atoms. The zero-order chi connectivity index (χ0) is 14.6. The van der Waals surface area contributed by atoms with Crippen LogP contribution in [-0.4, -0.2) is 33.5 Å². The Morgan fingerprint density at radius 3 is 2.60 bits per heavy atom. The fraction of sp³-hybridized carbons (Fsp3) is 0.500. The van der Waals surface area contributed by atoms with Gasteiger partial charge in [0.2, 0.25) is 10.0 Å². The van der Waals surface area contributed by atoms with Gasteiger partial charge in [0.15, 0.2) is 5.78 Å². The van der Waals surface area contributed by atoms with E-state index in [1.807, 2.05) is 0 Å². The van der Waals surface area contributed by atoms with E-state index in [2.05, 4.69) is 4.72 Å². The van der Waals surface area contributed by atoms with E-state index in [9.17, 15) is 13.2 Å². The number of benzene rings is 1. The number of ketones is 1. The number of hydrogen-bond donors (Lipinski definition) is 1. The first-order valence-corrected chi connectivity index (χ1v) is 8.19. The van der Waals surface area contributed by atoms with Crippen LogP contribution in [0.15, 0.2) is 29.2 Å². The second-order valence-corrected chi connectivity index (χ2v) is 6.67. The standard InChI is InChI=1S/C14H19NO4S/c1-11(16)12-4-6-14(7-5-12)20(17,18)15-9-8-13-3-2-10-19-13/h4-7,13,15H,2-3,8-10H2,1H3. The summed E-state index contributed by atoms with van der Waals surface area (Å²) in [4.78, 5) is 11.3. The average Bonchev–Trinajstić information content (AvgIpc) is 2.92. The minimum absolute atomic E-state index is 0.0831. The zero-order valence-corrected chi connectivity index (χ0v) is 12.3. The topological polar surface area (TPSA) is 72.5 Å². The molecule has 0 aliphatic carbocycles. The molecule has 1 aromatic carbocycles. The molecule has 1 aliphatic heterocycles. The molecule has 1 N–H and O–H groups in total. The van der Waals surface area contributed by atoms with Crippen molar-refractivity contribution in [1.82, 2.24) is 4.72 Å². The molecule has 1 heterocycles. The van der Waals surface area contributed by atoms with Crippen molar-refractivity contribution >= 4 is 15.8 Å². The zero-order valence-electron chi connectivity index (χ0n) is 11.5. The van der Waals surface area contributed by atoms with Crippen LogP contribution in [0.5, 0.6) is 0 Å². The predicted octanol–water partition coefficient (Wildman–Crippen LogP) is 1.74. The Bertz CT molecular complexity index is 559. The number of Topliss-reactive ketones (excluding diaryl/α,β-unsaturated/α-hetero) is 1. The summed E-state index contributed by atoms with van der Waals surface area (Å²) in [5.41, 5.74) is 0.503. The Balaban J connectivity index is 1.93. The molecule has 0 spiro atoms. The first kappa shape index (κ1) is 15.2. The molecule has 1 aliphatic rings. The summed E-state index contributed by atoms with van der Waals surface area (Å²) in [7, 11) is -3.51. The van der Waals surface area contributed by atoms with E-state index in [4.69, 9.17) is 4.74 Å². The second-order valence-electron chi connectivity index (χ2n) is 4.90. The van der Waals surface area contributed by atoms with Crippen molar-refractivity contribution in [2.45, 2.75) is 37.2 Å². The lowest BCUT2D eigenvalue weighted by molar-refractivity contribution is 0.101. The molecule has 0 bridgehead atoms. The first-order chi connectivity index (χ1) is 9.49. The number of carbonyl (C=O) groups is 1. The number of carbonyl (C=O) groups excluding carboxylic acids is 1.